The average molecular weight is 208 g/mol. The Morgan fingerprint density at radius 2 is 2.07 bits per heavy atom. The number of fused-ring (bicyclic) bond motifs is 1. The Morgan fingerprint density at radius 1 is 1.33 bits per heavy atom. The van der Waals surface area contributed by atoms with Crippen molar-refractivity contribution in [3.05, 3.63) is 29.3 Å². The maximum Gasteiger partial charge on any atom is 0.125 e. The van der Waals surface area contributed by atoms with Crippen molar-refractivity contribution in [3.8, 4) is 5.75 Å². The van der Waals surface area contributed by atoms with Crippen molar-refractivity contribution >= 4 is 0 Å². The Hall–Kier alpha value is -1.06. The van der Waals surface area contributed by atoms with Crippen LogP contribution in [-0.2, 0) is 4.74 Å². The molecule has 15 heavy (non-hydrogen) atoms. The summed E-state index contributed by atoms with van der Waals surface area (Å²) in [6, 6.07) is 5.75. The fourth-order valence-corrected chi connectivity index (χ4v) is 2.11. The minimum absolute atomic E-state index is 0.00787. The lowest BCUT2D eigenvalue weighted by atomic mass is 9.92. The second kappa shape index (κ2) is 3.83. The van der Waals surface area contributed by atoms with E-state index in [0.29, 0.717) is 0 Å². The SMILES string of the molecule is COc1cccc2c1[C@@H](O)[C@H](C)O[C@H]2C. The van der Waals surface area contributed by atoms with Gasteiger partial charge in [-0.2, -0.15) is 0 Å². The van der Waals surface area contributed by atoms with Gasteiger partial charge in [-0.3, -0.25) is 0 Å². The highest BCUT2D eigenvalue weighted by atomic mass is 16.5. The number of rotatable bonds is 1. The van der Waals surface area contributed by atoms with Crippen molar-refractivity contribution in [1.82, 2.24) is 0 Å². The van der Waals surface area contributed by atoms with Crippen LogP contribution in [0.5, 0.6) is 5.75 Å². The molecule has 1 heterocycles. The molecule has 82 valence electrons. The molecule has 3 nitrogen and oxygen atoms in total. The molecular weight excluding hydrogens is 192 g/mol. The zero-order valence-electron chi connectivity index (χ0n) is 9.23. The van der Waals surface area contributed by atoms with Crippen LogP contribution >= 0.6 is 0 Å². The Bertz CT molecular complexity index is 362. The van der Waals surface area contributed by atoms with Crippen LogP contribution in [0.15, 0.2) is 18.2 Å². The first-order valence-electron chi connectivity index (χ1n) is 5.15. The molecule has 0 amide bonds. The molecule has 0 bridgehead atoms. The van der Waals surface area contributed by atoms with Crippen LogP contribution in [0.3, 0.4) is 0 Å². The summed E-state index contributed by atoms with van der Waals surface area (Å²) in [5, 5.41) is 10.1. The highest BCUT2D eigenvalue weighted by molar-refractivity contribution is 5.44. The van der Waals surface area contributed by atoms with Crippen LogP contribution in [0.25, 0.3) is 0 Å². The monoisotopic (exact) mass is 208 g/mol. The lowest BCUT2D eigenvalue weighted by molar-refractivity contribution is -0.0816. The number of methoxy groups -OCH3 is 1. The molecule has 3 heteroatoms. The Labute approximate surface area is 89.6 Å². The Kier molecular flexibility index (Phi) is 2.67. The van der Waals surface area contributed by atoms with Gasteiger partial charge in [-0.15, -0.1) is 0 Å². The normalized spacial score (nSPS) is 29.7. The smallest absolute Gasteiger partial charge is 0.125 e. The van der Waals surface area contributed by atoms with Crippen molar-refractivity contribution in [1.29, 1.82) is 0 Å². The molecule has 0 radical (unpaired) electrons. The van der Waals surface area contributed by atoms with Crippen LogP contribution in [0.1, 0.15) is 37.2 Å². The lowest BCUT2D eigenvalue weighted by Crippen LogP contribution is -2.27. The standard InChI is InChI=1S/C12H16O3/c1-7-9-5-4-6-10(14-3)11(9)12(13)8(2)15-7/h4-8,12-13H,1-3H3/t7-,8-,12-/m0/s1. The Morgan fingerprint density at radius 3 is 2.73 bits per heavy atom. The van der Waals surface area contributed by atoms with Gasteiger partial charge in [0.1, 0.15) is 11.9 Å². The zero-order chi connectivity index (χ0) is 11.0. The van der Waals surface area contributed by atoms with Crippen LogP contribution < -0.4 is 4.74 Å². The topological polar surface area (TPSA) is 38.7 Å². The summed E-state index contributed by atoms with van der Waals surface area (Å²) in [6.07, 6.45) is -0.787. The van der Waals surface area contributed by atoms with Crippen LogP contribution in [0, 0.1) is 0 Å². The van der Waals surface area contributed by atoms with Crippen molar-refractivity contribution in [2.24, 2.45) is 0 Å². The van der Waals surface area contributed by atoms with Gasteiger partial charge in [-0.05, 0) is 25.5 Å². The number of hydrogen-bond donors (Lipinski definition) is 1. The summed E-state index contributed by atoms with van der Waals surface area (Å²) in [7, 11) is 1.62. The van der Waals surface area contributed by atoms with E-state index in [-0.39, 0.29) is 12.2 Å². The van der Waals surface area contributed by atoms with Crippen molar-refractivity contribution in [2.45, 2.75) is 32.2 Å². The predicted molar refractivity (Wildman–Crippen MR) is 56.9 cm³/mol. The largest absolute Gasteiger partial charge is 0.496 e. The molecule has 0 fully saturated rings. The highest BCUT2D eigenvalue weighted by Crippen LogP contribution is 2.40. The number of ether oxygens (including phenoxy) is 2. The van der Waals surface area contributed by atoms with Crippen molar-refractivity contribution < 1.29 is 14.6 Å². The minimum atomic E-state index is -0.604. The first-order chi connectivity index (χ1) is 7.15. The van der Waals surface area contributed by atoms with Gasteiger partial charge in [0.25, 0.3) is 0 Å². The highest BCUT2D eigenvalue weighted by Gasteiger charge is 2.32. The molecule has 3 atom stereocenters. The maximum atomic E-state index is 10.1. The molecule has 0 unspecified atom stereocenters. The number of aliphatic hydroxyl groups is 1. The van der Waals surface area contributed by atoms with Gasteiger partial charge in [0, 0.05) is 5.56 Å². The fraction of sp³-hybridized carbons (Fsp3) is 0.500. The number of benzene rings is 1. The van der Waals surface area contributed by atoms with Gasteiger partial charge < -0.3 is 14.6 Å². The van der Waals surface area contributed by atoms with E-state index < -0.39 is 6.10 Å². The van der Waals surface area contributed by atoms with Crippen LogP contribution in [-0.4, -0.2) is 18.3 Å². The summed E-state index contributed by atoms with van der Waals surface area (Å²) >= 11 is 0. The van der Waals surface area contributed by atoms with E-state index in [2.05, 4.69) is 0 Å². The molecule has 1 aromatic rings. The number of hydrogen-bond acceptors (Lipinski definition) is 3. The molecule has 0 saturated carbocycles. The third kappa shape index (κ3) is 1.62. The first-order valence-corrected chi connectivity index (χ1v) is 5.15. The molecule has 2 rings (SSSR count). The van der Waals surface area contributed by atoms with Gasteiger partial charge in [0.05, 0.1) is 19.3 Å². The van der Waals surface area contributed by atoms with Gasteiger partial charge in [-0.1, -0.05) is 12.1 Å². The average Bonchev–Trinajstić information content (AvgIpc) is 2.25. The molecule has 0 aromatic heterocycles. The van der Waals surface area contributed by atoms with Gasteiger partial charge in [0.15, 0.2) is 0 Å². The summed E-state index contributed by atoms with van der Waals surface area (Å²) in [6.45, 7) is 3.86. The minimum Gasteiger partial charge on any atom is -0.496 e. The van der Waals surface area contributed by atoms with Crippen LogP contribution in [0.4, 0.5) is 0 Å². The van der Waals surface area contributed by atoms with Gasteiger partial charge >= 0.3 is 0 Å². The van der Waals surface area contributed by atoms with E-state index in [0.717, 1.165) is 16.9 Å². The van der Waals surface area contributed by atoms with Gasteiger partial charge in [-0.25, -0.2) is 0 Å². The molecule has 1 aliphatic heterocycles. The van der Waals surface area contributed by atoms with E-state index >= 15 is 0 Å². The molecule has 1 aromatic carbocycles. The van der Waals surface area contributed by atoms with E-state index in [9.17, 15) is 5.11 Å². The fourth-order valence-electron chi connectivity index (χ4n) is 2.11. The zero-order valence-corrected chi connectivity index (χ0v) is 9.23. The summed E-state index contributed by atoms with van der Waals surface area (Å²) in [5.74, 6) is 0.738. The summed E-state index contributed by atoms with van der Waals surface area (Å²) in [5.41, 5.74) is 1.88. The van der Waals surface area contributed by atoms with E-state index in [1.807, 2.05) is 32.0 Å². The molecule has 0 spiro atoms. The van der Waals surface area contributed by atoms with Crippen LogP contribution in [0.2, 0.25) is 0 Å². The third-order valence-electron chi connectivity index (χ3n) is 2.92. The van der Waals surface area contributed by atoms with E-state index in [1.165, 1.54) is 0 Å². The van der Waals surface area contributed by atoms with Gasteiger partial charge in [0.2, 0.25) is 0 Å². The van der Waals surface area contributed by atoms with Crippen molar-refractivity contribution in [3.63, 3.8) is 0 Å². The number of aliphatic hydroxyl groups excluding tert-OH is 1. The molecular formula is C12H16O3. The second-order valence-corrected chi connectivity index (χ2v) is 3.89. The summed E-state index contributed by atoms with van der Waals surface area (Å²) in [4.78, 5) is 0. The lowest BCUT2D eigenvalue weighted by Gasteiger charge is -2.33. The molecule has 1 N–H and O–H groups in total. The van der Waals surface area contributed by atoms with Crippen molar-refractivity contribution in [2.75, 3.05) is 7.11 Å². The second-order valence-electron chi connectivity index (χ2n) is 3.89. The quantitative estimate of drug-likeness (QED) is 0.769. The molecule has 0 aliphatic carbocycles. The summed E-state index contributed by atoms with van der Waals surface area (Å²) < 4.78 is 10.9. The molecule has 0 saturated heterocycles. The van der Waals surface area contributed by atoms with E-state index in [4.69, 9.17) is 9.47 Å². The Balaban J connectivity index is 2.55. The third-order valence-corrected chi connectivity index (χ3v) is 2.92. The predicted octanol–water partition coefficient (Wildman–Crippen LogP) is 2.21. The molecule has 1 aliphatic rings. The van der Waals surface area contributed by atoms with E-state index in [1.54, 1.807) is 7.11 Å². The first kappa shape index (κ1) is 10.5. The maximum absolute atomic E-state index is 10.1.